The van der Waals surface area contributed by atoms with Gasteiger partial charge in [0.1, 0.15) is 5.82 Å². The van der Waals surface area contributed by atoms with Crippen LogP contribution in [0, 0.1) is 25.2 Å². The van der Waals surface area contributed by atoms with Crippen molar-refractivity contribution in [2.75, 3.05) is 10.7 Å². The van der Waals surface area contributed by atoms with E-state index in [1.807, 2.05) is 19.9 Å². The number of nitrogens with one attached hydrogen (secondary N) is 2. The summed E-state index contributed by atoms with van der Waals surface area (Å²) in [5, 5.41) is 12.1. The Labute approximate surface area is 111 Å². The van der Waals surface area contributed by atoms with E-state index < -0.39 is 0 Å². The summed E-state index contributed by atoms with van der Waals surface area (Å²) in [6.07, 6.45) is 1.67. The Kier molecular flexibility index (Phi) is 3.59. The SMILES string of the molecule is Cc1ccc(C#N)cc1Nc1nc(NN)ncc1C. The maximum Gasteiger partial charge on any atom is 0.239 e. The van der Waals surface area contributed by atoms with E-state index in [0.717, 1.165) is 16.8 Å². The van der Waals surface area contributed by atoms with Crippen LogP contribution >= 0.6 is 0 Å². The Bertz CT molecular complexity index is 644. The first kappa shape index (κ1) is 12.8. The van der Waals surface area contributed by atoms with Crippen molar-refractivity contribution in [3.8, 4) is 6.07 Å². The van der Waals surface area contributed by atoms with E-state index in [-0.39, 0.29) is 0 Å². The monoisotopic (exact) mass is 254 g/mol. The lowest BCUT2D eigenvalue weighted by Gasteiger charge is -2.12. The van der Waals surface area contributed by atoms with Crippen molar-refractivity contribution in [3.63, 3.8) is 0 Å². The van der Waals surface area contributed by atoms with Gasteiger partial charge in [0, 0.05) is 17.4 Å². The van der Waals surface area contributed by atoms with Crippen LogP contribution in [0.3, 0.4) is 0 Å². The summed E-state index contributed by atoms with van der Waals surface area (Å²) in [7, 11) is 0. The number of nitrogens with zero attached hydrogens (tertiary/aromatic N) is 3. The molecule has 0 spiro atoms. The van der Waals surface area contributed by atoms with E-state index in [2.05, 4.69) is 26.8 Å². The average molecular weight is 254 g/mol. The predicted molar refractivity (Wildman–Crippen MR) is 73.8 cm³/mol. The normalized spacial score (nSPS) is 9.79. The zero-order valence-electron chi connectivity index (χ0n) is 10.7. The van der Waals surface area contributed by atoms with Gasteiger partial charge in [-0.25, -0.2) is 10.8 Å². The zero-order chi connectivity index (χ0) is 13.8. The molecule has 0 aliphatic carbocycles. The molecule has 2 aromatic rings. The minimum Gasteiger partial charge on any atom is -0.340 e. The number of rotatable bonds is 3. The van der Waals surface area contributed by atoms with E-state index in [0.29, 0.717) is 17.3 Å². The minimum atomic E-state index is 0.335. The highest BCUT2D eigenvalue weighted by Crippen LogP contribution is 2.23. The summed E-state index contributed by atoms with van der Waals surface area (Å²) in [6.45, 7) is 3.86. The molecule has 4 N–H and O–H groups in total. The second-order valence-electron chi connectivity index (χ2n) is 4.14. The Hall–Kier alpha value is -2.65. The standard InChI is InChI=1S/C13H14N6/c1-8-3-4-10(6-14)5-11(8)17-12-9(2)7-16-13(18-12)19-15/h3-5,7H,15H2,1-2H3,(H2,16,17,18,19). The molecule has 2 rings (SSSR count). The van der Waals surface area contributed by atoms with Crippen molar-refractivity contribution in [2.45, 2.75) is 13.8 Å². The number of hydrogen-bond donors (Lipinski definition) is 3. The molecule has 96 valence electrons. The lowest BCUT2D eigenvalue weighted by molar-refractivity contribution is 1.09. The lowest BCUT2D eigenvalue weighted by Crippen LogP contribution is -2.11. The fourth-order valence-corrected chi connectivity index (χ4v) is 1.59. The highest BCUT2D eigenvalue weighted by molar-refractivity contribution is 5.65. The zero-order valence-corrected chi connectivity index (χ0v) is 10.7. The number of nitrogens with two attached hydrogens (primary N) is 1. The molecule has 1 aromatic carbocycles. The molecule has 1 heterocycles. The molecule has 6 nitrogen and oxygen atoms in total. The van der Waals surface area contributed by atoms with Gasteiger partial charge >= 0.3 is 0 Å². The summed E-state index contributed by atoms with van der Waals surface area (Å²) < 4.78 is 0. The van der Waals surface area contributed by atoms with Crippen molar-refractivity contribution in [3.05, 3.63) is 41.1 Å². The summed E-state index contributed by atoms with van der Waals surface area (Å²) in [4.78, 5) is 8.26. The lowest BCUT2D eigenvalue weighted by atomic mass is 10.1. The van der Waals surface area contributed by atoms with Crippen molar-refractivity contribution in [1.82, 2.24) is 9.97 Å². The second kappa shape index (κ2) is 5.33. The van der Waals surface area contributed by atoms with Crippen LogP contribution in [0.25, 0.3) is 0 Å². The third-order valence-corrected chi connectivity index (χ3v) is 2.72. The minimum absolute atomic E-state index is 0.335. The third kappa shape index (κ3) is 2.78. The molecule has 0 unspecified atom stereocenters. The van der Waals surface area contributed by atoms with E-state index in [9.17, 15) is 0 Å². The van der Waals surface area contributed by atoms with Crippen LogP contribution in [0.5, 0.6) is 0 Å². The topological polar surface area (TPSA) is 99.7 Å². The fourth-order valence-electron chi connectivity index (χ4n) is 1.59. The average Bonchev–Trinajstić information content (AvgIpc) is 2.43. The van der Waals surface area contributed by atoms with Gasteiger partial charge in [-0.2, -0.15) is 10.2 Å². The number of aromatic nitrogens is 2. The Morgan fingerprint density at radius 2 is 2.05 bits per heavy atom. The molecule has 0 amide bonds. The summed E-state index contributed by atoms with van der Waals surface area (Å²) in [5.74, 6) is 6.28. The van der Waals surface area contributed by atoms with Gasteiger partial charge in [-0.05, 0) is 31.5 Å². The number of nitrogen functional groups attached to an aromatic ring is 1. The van der Waals surface area contributed by atoms with Gasteiger partial charge in [-0.3, -0.25) is 5.43 Å². The maximum absolute atomic E-state index is 8.93. The fraction of sp³-hybridized carbons (Fsp3) is 0.154. The van der Waals surface area contributed by atoms with Crippen LogP contribution in [0.2, 0.25) is 0 Å². The number of anilines is 3. The van der Waals surface area contributed by atoms with Crippen molar-refractivity contribution >= 4 is 17.5 Å². The van der Waals surface area contributed by atoms with Crippen LogP contribution in [-0.2, 0) is 0 Å². The highest BCUT2D eigenvalue weighted by Gasteiger charge is 2.06. The van der Waals surface area contributed by atoms with Crippen molar-refractivity contribution in [2.24, 2.45) is 5.84 Å². The van der Waals surface area contributed by atoms with Gasteiger partial charge in [0.25, 0.3) is 0 Å². The van der Waals surface area contributed by atoms with Crippen LogP contribution < -0.4 is 16.6 Å². The Balaban J connectivity index is 2.38. The number of hydrazine groups is 1. The van der Waals surface area contributed by atoms with Gasteiger partial charge in [0.05, 0.1) is 11.6 Å². The number of nitriles is 1. The second-order valence-corrected chi connectivity index (χ2v) is 4.14. The molecular formula is C13H14N6. The largest absolute Gasteiger partial charge is 0.340 e. The quantitative estimate of drug-likeness (QED) is 0.572. The highest BCUT2D eigenvalue weighted by atomic mass is 15.3. The molecule has 0 atom stereocenters. The van der Waals surface area contributed by atoms with Gasteiger partial charge < -0.3 is 5.32 Å². The molecule has 0 aliphatic rings. The molecule has 0 radical (unpaired) electrons. The number of benzene rings is 1. The van der Waals surface area contributed by atoms with E-state index >= 15 is 0 Å². The Morgan fingerprint density at radius 3 is 2.74 bits per heavy atom. The van der Waals surface area contributed by atoms with E-state index in [1.54, 1.807) is 18.3 Å². The van der Waals surface area contributed by atoms with Crippen molar-refractivity contribution in [1.29, 1.82) is 5.26 Å². The van der Waals surface area contributed by atoms with Gasteiger partial charge in [0.2, 0.25) is 5.95 Å². The van der Waals surface area contributed by atoms with Crippen molar-refractivity contribution < 1.29 is 0 Å². The first-order valence-electron chi connectivity index (χ1n) is 5.72. The van der Waals surface area contributed by atoms with E-state index in [1.165, 1.54) is 0 Å². The van der Waals surface area contributed by atoms with Gasteiger partial charge in [0.15, 0.2) is 0 Å². The smallest absolute Gasteiger partial charge is 0.239 e. The number of hydrogen-bond acceptors (Lipinski definition) is 6. The molecule has 0 saturated carbocycles. The Morgan fingerprint density at radius 1 is 1.26 bits per heavy atom. The molecule has 0 bridgehead atoms. The van der Waals surface area contributed by atoms with E-state index in [4.69, 9.17) is 11.1 Å². The molecule has 0 saturated heterocycles. The van der Waals surface area contributed by atoms with Crippen LogP contribution in [0.1, 0.15) is 16.7 Å². The van der Waals surface area contributed by atoms with Crippen LogP contribution in [-0.4, -0.2) is 9.97 Å². The van der Waals surface area contributed by atoms with Gasteiger partial charge in [-0.1, -0.05) is 6.07 Å². The molecule has 6 heteroatoms. The summed E-state index contributed by atoms with van der Waals surface area (Å²) >= 11 is 0. The molecule has 19 heavy (non-hydrogen) atoms. The molecular weight excluding hydrogens is 240 g/mol. The first-order chi connectivity index (χ1) is 9.13. The summed E-state index contributed by atoms with van der Waals surface area (Å²) in [5.41, 5.74) is 5.75. The molecule has 1 aromatic heterocycles. The first-order valence-corrected chi connectivity index (χ1v) is 5.72. The molecule has 0 aliphatic heterocycles. The number of aryl methyl sites for hydroxylation is 2. The molecule has 0 fully saturated rings. The maximum atomic E-state index is 8.93. The van der Waals surface area contributed by atoms with Gasteiger partial charge in [-0.15, -0.1) is 0 Å². The van der Waals surface area contributed by atoms with Crippen LogP contribution in [0.15, 0.2) is 24.4 Å². The predicted octanol–water partition coefficient (Wildman–Crippen LogP) is 1.99. The van der Waals surface area contributed by atoms with Crippen LogP contribution in [0.4, 0.5) is 17.5 Å². The third-order valence-electron chi connectivity index (χ3n) is 2.72. The summed E-state index contributed by atoms with van der Waals surface area (Å²) in [6, 6.07) is 7.56.